The zero-order valence-corrected chi connectivity index (χ0v) is 10.5. The van der Waals surface area contributed by atoms with Crippen LogP contribution in [0.2, 0.25) is 0 Å². The Hall–Kier alpha value is 0.460. The third-order valence-corrected chi connectivity index (χ3v) is 5.58. The van der Waals surface area contributed by atoms with Crippen molar-refractivity contribution in [2.45, 2.75) is 44.2 Å². The summed E-state index contributed by atoms with van der Waals surface area (Å²) in [6.45, 7) is 9.42. The van der Waals surface area contributed by atoms with Gasteiger partial charge in [-0.3, -0.25) is 0 Å². The minimum atomic E-state index is -0.789. The Balaban J connectivity index is 2.62. The highest BCUT2D eigenvalue weighted by Crippen LogP contribution is 2.26. The molecular weight excluding hydrogens is 202 g/mol. The van der Waals surface area contributed by atoms with Gasteiger partial charge in [0.2, 0.25) is 0 Å². The maximum atomic E-state index is 11.9. The standard InChI is InChI=1S/C9H19NOS2/c1-7(2)13(11)10-5-6-12-9(4)8(10)3/h7-9H,5-6H2,1-4H3. The normalized spacial score (nSPS) is 33.6. The molecule has 0 spiro atoms. The Kier molecular flexibility index (Phi) is 4.26. The van der Waals surface area contributed by atoms with E-state index in [1.165, 1.54) is 0 Å². The summed E-state index contributed by atoms with van der Waals surface area (Å²) >= 11 is 1.98. The van der Waals surface area contributed by atoms with Gasteiger partial charge in [0.15, 0.2) is 0 Å². The van der Waals surface area contributed by atoms with Gasteiger partial charge in [-0.15, -0.1) is 0 Å². The molecule has 0 aromatic heterocycles. The predicted octanol–water partition coefficient (Wildman–Crippen LogP) is 1.88. The predicted molar refractivity (Wildman–Crippen MR) is 61.4 cm³/mol. The minimum absolute atomic E-state index is 0.248. The van der Waals surface area contributed by atoms with Crippen LogP contribution < -0.4 is 0 Å². The van der Waals surface area contributed by atoms with E-state index in [0.29, 0.717) is 11.3 Å². The molecule has 0 saturated carbocycles. The monoisotopic (exact) mass is 221 g/mol. The van der Waals surface area contributed by atoms with Crippen LogP contribution in [0.15, 0.2) is 0 Å². The van der Waals surface area contributed by atoms with Crippen LogP contribution in [-0.2, 0) is 11.0 Å². The van der Waals surface area contributed by atoms with Gasteiger partial charge in [0.1, 0.15) is 0 Å². The van der Waals surface area contributed by atoms with E-state index in [9.17, 15) is 4.21 Å². The van der Waals surface area contributed by atoms with Crippen molar-refractivity contribution in [1.29, 1.82) is 0 Å². The highest BCUT2D eigenvalue weighted by atomic mass is 32.2. The Morgan fingerprint density at radius 2 is 2.08 bits per heavy atom. The molecule has 1 aliphatic heterocycles. The third kappa shape index (κ3) is 2.70. The topological polar surface area (TPSA) is 20.3 Å². The molecule has 1 aliphatic rings. The third-order valence-electron chi connectivity index (χ3n) is 2.46. The van der Waals surface area contributed by atoms with E-state index >= 15 is 0 Å². The molecule has 0 bridgehead atoms. The molecule has 3 unspecified atom stereocenters. The van der Waals surface area contributed by atoms with E-state index in [4.69, 9.17) is 0 Å². The second-order valence-corrected chi connectivity index (χ2v) is 7.23. The Morgan fingerprint density at radius 1 is 1.46 bits per heavy atom. The fourth-order valence-corrected chi connectivity index (χ4v) is 4.05. The second kappa shape index (κ2) is 4.80. The first-order valence-electron chi connectivity index (χ1n) is 4.83. The molecular formula is C9H19NOS2. The van der Waals surface area contributed by atoms with Gasteiger partial charge in [-0.25, -0.2) is 8.51 Å². The molecule has 1 heterocycles. The van der Waals surface area contributed by atoms with Gasteiger partial charge >= 0.3 is 0 Å². The fraction of sp³-hybridized carbons (Fsp3) is 1.00. The van der Waals surface area contributed by atoms with Crippen LogP contribution in [0.25, 0.3) is 0 Å². The molecule has 0 radical (unpaired) electrons. The first-order chi connectivity index (χ1) is 6.04. The molecule has 0 N–H and O–H groups in total. The lowest BCUT2D eigenvalue weighted by Crippen LogP contribution is -2.47. The summed E-state index contributed by atoms with van der Waals surface area (Å²) in [5, 5.41) is 0.856. The van der Waals surface area contributed by atoms with Gasteiger partial charge < -0.3 is 0 Å². The summed E-state index contributed by atoms with van der Waals surface area (Å²) in [5.74, 6) is 1.12. The van der Waals surface area contributed by atoms with Crippen LogP contribution in [-0.4, -0.2) is 37.4 Å². The Labute approximate surface area is 88.0 Å². The van der Waals surface area contributed by atoms with Crippen molar-refractivity contribution >= 4 is 22.7 Å². The second-order valence-electron chi connectivity index (χ2n) is 3.78. The molecule has 13 heavy (non-hydrogen) atoms. The zero-order chi connectivity index (χ0) is 10.0. The van der Waals surface area contributed by atoms with Gasteiger partial charge in [-0.05, 0) is 20.8 Å². The average molecular weight is 221 g/mol. The molecule has 1 saturated heterocycles. The first kappa shape index (κ1) is 11.5. The summed E-state index contributed by atoms with van der Waals surface area (Å²) in [4.78, 5) is 0. The van der Waals surface area contributed by atoms with Crippen molar-refractivity contribution in [3.8, 4) is 0 Å². The van der Waals surface area contributed by atoms with E-state index in [0.717, 1.165) is 12.3 Å². The molecule has 0 amide bonds. The van der Waals surface area contributed by atoms with Gasteiger partial charge in [-0.1, -0.05) is 6.92 Å². The summed E-state index contributed by atoms with van der Waals surface area (Å²) < 4.78 is 14.0. The molecule has 2 nitrogen and oxygen atoms in total. The number of nitrogens with zero attached hydrogens (tertiary/aromatic N) is 1. The molecule has 4 heteroatoms. The summed E-state index contributed by atoms with van der Waals surface area (Å²) in [6, 6.07) is 0.446. The number of hydrogen-bond donors (Lipinski definition) is 0. The van der Waals surface area contributed by atoms with Gasteiger partial charge in [0.05, 0.1) is 11.0 Å². The van der Waals surface area contributed by atoms with Crippen LogP contribution in [0.1, 0.15) is 27.7 Å². The van der Waals surface area contributed by atoms with Gasteiger partial charge in [-0.2, -0.15) is 11.8 Å². The van der Waals surface area contributed by atoms with Crippen molar-refractivity contribution in [2.75, 3.05) is 12.3 Å². The van der Waals surface area contributed by atoms with E-state index < -0.39 is 11.0 Å². The van der Waals surface area contributed by atoms with Crippen LogP contribution >= 0.6 is 11.8 Å². The van der Waals surface area contributed by atoms with Crippen LogP contribution in [0, 0.1) is 0 Å². The summed E-state index contributed by atoms with van der Waals surface area (Å²) in [6.07, 6.45) is 0. The number of hydrogen-bond acceptors (Lipinski definition) is 2. The van der Waals surface area contributed by atoms with Crippen molar-refractivity contribution < 1.29 is 4.21 Å². The van der Waals surface area contributed by atoms with Gasteiger partial charge in [0, 0.05) is 28.8 Å². The maximum Gasteiger partial charge on any atom is 0.0971 e. The molecule has 3 atom stereocenters. The smallest absolute Gasteiger partial charge is 0.0971 e. The number of thioether (sulfide) groups is 1. The Bertz CT molecular complexity index is 196. The van der Waals surface area contributed by atoms with Crippen LogP contribution in [0.3, 0.4) is 0 Å². The highest BCUT2D eigenvalue weighted by Gasteiger charge is 2.29. The minimum Gasteiger partial charge on any atom is -0.242 e. The van der Waals surface area contributed by atoms with E-state index in [-0.39, 0.29) is 5.25 Å². The largest absolute Gasteiger partial charge is 0.242 e. The van der Waals surface area contributed by atoms with Crippen LogP contribution in [0.5, 0.6) is 0 Å². The van der Waals surface area contributed by atoms with Crippen molar-refractivity contribution in [3.63, 3.8) is 0 Å². The van der Waals surface area contributed by atoms with Gasteiger partial charge in [0.25, 0.3) is 0 Å². The lowest BCUT2D eigenvalue weighted by Gasteiger charge is -2.37. The van der Waals surface area contributed by atoms with Crippen molar-refractivity contribution in [2.24, 2.45) is 0 Å². The highest BCUT2D eigenvalue weighted by molar-refractivity contribution is 8.00. The molecule has 1 fully saturated rings. The number of rotatable bonds is 2. The SMILES string of the molecule is CC1SCCN(S(=O)C(C)C)C1C. The van der Waals surface area contributed by atoms with Crippen molar-refractivity contribution in [3.05, 3.63) is 0 Å². The molecule has 1 rings (SSSR count). The first-order valence-corrected chi connectivity index (χ1v) is 7.05. The van der Waals surface area contributed by atoms with E-state index in [2.05, 4.69) is 18.2 Å². The van der Waals surface area contributed by atoms with E-state index in [1.807, 2.05) is 25.6 Å². The summed E-state index contributed by atoms with van der Waals surface area (Å²) in [5.41, 5.74) is 0. The van der Waals surface area contributed by atoms with Crippen molar-refractivity contribution in [1.82, 2.24) is 4.31 Å². The summed E-state index contributed by atoms with van der Waals surface area (Å²) in [7, 11) is -0.789. The Morgan fingerprint density at radius 3 is 2.62 bits per heavy atom. The average Bonchev–Trinajstić information content (AvgIpc) is 2.08. The zero-order valence-electron chi connectivity index (χ0n) is 8.82. The fourth-order valence-electron chi connectivity index (χ4n) is 1.43. The maximum absolute atomic E-state index is 11.9. The molecule has 0 aliphatic carbocycles. The lowest BCUT2D eigenvalue weighted by molar-refractivity contribution is 0.359. The molecule has 0 aromatic carbocycles. The molecule has 0 aromatic rings. The lowest BCUT2D eigenvalue weighted by atomic mass is 10.2. The van der Waals surface area contributed by atoms with Crippen LogP contribution in [0.4, 0.5) is 0 Å². The quantitative estimate of drug-likeness (QED) is 0.710. The molecule has 78 valence electrons. The van der Waals surface area contributed by atoms with E-state index in [1.54, 1.807) is 0 Å².